The van der Waals surface area contributed by atoms with Crippen LogP contribution in [0.4, 0.5) is 10.5 Å². The molecular formula is C13H21N2O2+. The molecule has 0 aliphatic rings. The zero-order valence-corrected chi connectivity index (χ0v) is 11.0. The zero-order chi connectivity index (χ0) is 12.9. The molecule has 1 amide bonds. The Balaban J connectivity index is 2.96. The van der Waals surface area contributed by atoms with Gasteiger partial charge in [0.05, 0.1) is 20.1 Å². The lowest BCUT2D eigenvalue weighted by atomic mass is 10.2. The van der Waals surface area contributed by atoms with Gasteiger partial charge in [-0.15, -0.1) is 0 Å². The highest BCUT2D eigenvalue weighted by atomic mass is 16.5. The van der Waals surface area contributed by atoms with Crippen LogP contribution in [-0.4, -0.2) is 33.3 Å². The maximum absolute atomic E-state index is 11.1. The van der Waals surface area contributed by atoms with Crippen LogP contribution in [-0.2, 0) is 0 Å². The molecule has 17 heavy (non-hydrogen) atoms. The molecule has 0 fully saturated rings. The quantitative estimate of drug-likeness (QED) is 0.816. The van der Waals surface area contributed by atoms with E-state index in [2.05, 4.69) is 32.3 Å². The Morgan fingerprint density at radius 2 is 2.00 bits per heavy atom. The molecule has 1 rings (SSSR count). The molecular weight excluding hydrogens is 216 g/mol. The lowest BCUT2D eigenvalue weighted by molar-refractivity contribution is 0.203. The van der Waals surface area contributed by atoms with Crippen LogP contribution < -0.4 is 14.5 Å². The van der Waals surface area contributed by atoms with Crippen molar-refractivity contribution in [2.24, 2.45) is 0 Å². The normalized spacial score (nSPS) is 11.1. The average Bonchev–Trinajstić information content (AvgIpc) is 2.38. The van der Waals surface area contributed by atoms with Crippen molar-refractivity contribution in [3.05, 3.63) is 24.3 Å². The monoisotopic (exact) mass is 237 g/mol. The maximum Gasteiger partial charge on any atom is 0.412 e. The smallest absolute Gasteiger partial charge is 0.410 e. The number of amides is 1. The van der Waals surface area contributed by atoms with E-state index in [1.165, 1.54) is 0 Å². The molecule has 0 unspecified atom stereocenters. The summed E-state index contributed by atoms with van der Waals surface area (Å²) in [6, 6.07) is 7.68. The molecule has 0 aliphatic heterocycles. The van der Waals surface area contributed by atoms with Gasteiger partial charge in [0.1, 0.15) is 11.4 Å². The van der Waals surface area contributed by atoms with Gasteiger partial charge in [-0.1, -0.05) is 6.07 Å². The molecule has 4 nitrogen and oxygen atoms in total. The van der Waals surface area contributed by atoms with E-state index in [0.29, 0.717) is 5.75 Å². The number of nitrogens with one attached hydrogen (secondary N) is 1. The first-order valence-electron chi connectivity index (χ1n) is 5.90. The molecule has 1 N–H and O–H groups in total. The van der Waals surface area contributed by atoms with E-state index in [4.69, 9.17) is 4.74 Å². The Bertz CT molecular complexity index is 387. The number of benzene rings is 1. The Kier molecular flexibility index (Phi) is 4.52. The molecule has 0 radical (unpaired) electrons. The largest absolute Gasteiger partial charge is 0.412 e. The van der Waals surface area contributed by atoms with Crippen LogP contribution in [0.5, 0.6) is 5.75 Å². The number of ether oxygens (including phenoxy) is 1. The maximum atomic E-state index is 11.1. The standard InChI is InChI=1S/C13H20N2O2/c1-5-15(4,6-2)11-8-7-9-12(10-11)17-13(16)14-3/h7-10H,5-6H2,1-4H3/p+1. The summed E-state index contributed by atoms with van der Waals surface area (Å²) in [7, 11) is 3.71. The van der Waals surface area contributed by atoms with Crippen molar-refractivity contribution in [2.45, 2.75) is 13.8 Å². The van der Waals surface area contributed by atoms with E-state index in [1.54, 1.807) is 13.1 Å². The van der Waals surface area contributed by atoms with Gasteiger partial charge < -0.3 is 10.1 Å². The second-order valence-corrected chi connectivity index (χ2v) is 4.17. The van der Waals surface area contributed by atoms with Gasteiger partial charge in [0.2, 0.25) is 0 Å². The number of nitrogens with zero attached hydrogens (tertiary/aromatic N) is 1. The van der Waals surface area contributed by atoms with E-state index < -0.39 is 6.09 Å². The summed E-state index contributed by atoms with van der Waals surface area (Å²) in [6.45, 7) is 6.30. The minimum absolute atomic E-state index is 0.440. The number of hydrogen-bond donors (Lipinski definition) is 1. The van der Waals surface area contributed by atoms with Crippen molar-refractivity contribution in [1.29, 1.82) is 0 Å². The SMILES string of the molecule is CC[N+](C)(CC)c1cccc(OC(=O)NC)c1. The predicted molar refractivity (Wildman–Crippen MR) is 70.3 cm³/mol. The lowest BCUT2D eigenvalue weighted by Crippen LogP contribution is -2.44. The highest BCUT2D eigenvalue weighted by molar-refractivity contribution is 5.70. The Hall–Kier alpha value is -1.55. The average molecular weight is 237 g/mol. The van der Waals surface area contributed by atoms with Crippen molar-refractivity contribution in [2.75, 3.05) is 27.2 Å². The van der Waals surface area contributed by atoms with Gasteiger partial charge in [-0.3, -0.25) is 4.48 Å². The van der Waals surface area contributed by atoms with E-state index in [1.807, 2.05) is 12.1 Å². The Morgan fingerprint density at radius 1 is 1.35 bits per heavy atom. The van der Waals surface area contributed by atoms with E-state index in [-0.39, 0.29) is 0 Å². The lowest BCUT2D eigenvalue weighted by Gasteiger charge is -2.31. The number of carbonyl (C=O) groups excluding carboxylic acids is 1. The van der Waals surface area contributed by atoms with Crippen LogP contribution in [0.25, 0.3) is 0 Å². The minimum Gasteiger partial charge on any atom is -0.410 e. The first-order chi connectivity index (χ1) is 8.05. The minimum atomic E-state index is -0.440. The van der Waals surface area contributed by atoms with E-state index in [0.717, 1.165) is 23.3 Å². The van der Waals surface area contributed by atoms with Crippen LogP contribution in [0.3, 0.4) is 0 Å². The second kappa shape index (κ2) is 5.68. The Morgan fingerprint density at radius 3 is 2.53 bits per heavy atom. The molecule has 1 aromatic rings. The number of rotatable bonds is 4. The van der Waals surface area contributed by atoms with Gasteiger partial charge in [0.25, 0.3) is 0 Å². The molecule has 94 valence electrons. The summed E-state index contributed by atoms with van der Waals surface area (Å²) in [5, 5.41) is 2.43. The van der Waals surface area contributed by atoms with Crippen molar-refractivity contribution in [3.8, 4) is 5.75 Å². The molecule has 0 aliphatic carbocycles. The van der Waals surface area contributed by atoms with Gasteiger partial charge >= 0.3 is 6.09 Å². The molecule has 0 bridgehead atoms. The summed E-state index contributed by atoms with van der Waals surface area (Å²) >= 11 is 0. The molecule has 0 aromatic heterocycles. The van der Waals surface area contributed by atoms with Gasteiger partial charge in [-0.05, 0) is 26.0 Å². The van der Waals surface area contributed by atoms with Crippen molar-refractivity contribution >= 4 is 11.8 Å². The molecule has 0 spiro atoms. The van der Waals surface area contributed by atoms with Crippen LogP contribution in [0.2, 0.25) is 0 Å². The highest BCUT2D eigenvalue weighted by Crippen LogP contribution is 2.25. The van der Waals surface area contributed by atoms with E-state index >= 15 is 0 Å². The molecule has 0 atom stereocenters. The van der Waals surface area contributed by atoms with Crippen LogP contribution in [0.1, 0.15) is 13.8 Å². The summed E-state index contributed by atoms with van der Waals surface area (Å²) in [4.78, 5) is 11.1. The van der Waals surface area contributed by atoms with Gasteiger partial charge in [-0.25, -0.2) is 4.79 Å². The predicted octanol–water partition coefficient (Wildman–Crippen LogP) is 2.38. The molecule has 1 aromatic carbocycles. The van der Waals surface area contributed by atoms with Crippen molar-refractivity contribution < 1.29 is 9.53 Å². The number of hydrogen-bond acceptors (Lipinski definition) is 2. The fourth-order valence-electron chi connectivity index (χ4n) is 1.63. The van der Waals surface area contributed by atoms with Gasteiger partial charge in [-0.2, -0.15) is 0 Å². The first-order valence-corrected chi connectivity index (χ1v) is 5.90. The summed E-state index contributed by atoms with van der Waals surface area (Å²) in [5.41, 5.74) is 1.15. The first kappa shape index (κ1) is 13.5. The van der Waals surface area contributed by atoms with Crippen LogP contribution in [0.15, 0.2) is 24.3 Å². The van der Waals surface area contributed by atoms with Crippen LogP contribution in [0, 0.1) is 0 Å². The summed E-state index contributed by atoms with van der Waals surface area (Å²) < 4.78 is 5.95. The van der Waals surface area contributed by atoms with Gasteiger partial charge in [0, 0.05) is 13.1 Å². The molecule has 4 heteroatoms. The molecule has 0 saturated heterocycles. The summed E-state index contributed by atoms with van der Waals surface area (Å²) in [6.07, 6.45) is -0.440. The topological polar surface area (TPSA) is 38.3 Å². The Labute approximate surface area is 103 Å². The third-order valence-corrected chi connectivity index (χ3v) is 3.25. The van der Waals surface area contributed by atoms with Gasteiger partial charge in [0.15, 0.2) is 0 Å². The molecule has 0 saturated carbocycles. The molecule has 0 heterocycles. The highest BCUT2D eigenvalue weighted by Gasteiger charge is 2.20. The third-order valence-electron chi connectivity index (χ3n) is 3.25. The van der Waals surface area contributed by atoms with E-state index in [9.17, 15) is 4.79 Å². The van der Waals surface area contributed by atoms with Crippen molar-refractivity contribution in [1.82, 2.24) is 9.80 Å². The fourth-order valence-corrected chi connectivity index (χ4v) is 1.63. The fraction of sp³-hybridized carbons (Fsp3) is 0.462. The van der Waals surface area contributed by atoms with Crippen molar-refractivity contribution in [3.63, 3.8) is 0 Å². The number of carbonyl (C=O) groups is 1. The number of quaternary nitrogens is 1. The van der Waals surface area contributed by atoms with Crippen LogP contribution >= 0.6 is 0 Å². The second-order valence-electron chi connectivity index (χ2n) is 4.17. The summed E-state index contributed by atoms with van der Waals surface area (Å²) in [5.74, 6) is 0.577. The third kappa shape index (κ3) is 3.20. The zero-order valence-electron chi connectivity index (χ0n) is 11.0.